The smallest absolute Gasteiger partial charge is 0.220 e. The topological polar surface area (TPSA) is 228 Å². The van der Waals surface area contributed by atoms with E-state index in [2.05, 4.69) is 92.1 Å². The van der Waals surface area contributed by atoms with Crippen LogP contribution in [0.3, 0.4) is 0 Å². The summed E-state index contributed by atoms with van der Waals surface area (Å²) >= 11 is 0. The van der Waals surface area contributed by atoms with Crippen molar-refractivity contribution < 1.29 is 64.6 Å². The summed E-state index contributed by atoms with van der Waals surface area (Å²) in [7, 11) is 0. The minimum atomic E-state index is -1.79. The van der Waals surface area contributed by atoms with E-state index in [0.717, 1.165) is 77.0 Å². The van der Waals surface area contributed by atoms with E-state index in [0.29, 0.717) is 12.8 Å². The molecule has 0 aromatic heterocycles. The molecule has 2 fully saturated rings. The molecule has 0 bridgehead atoms. The number of aliphatic hydroxyl groups is 8. The Morgan fingerprint density at radius 2 is 0.959 bits per heavy atom. The molecule has 0 spiro atoms. The Morgan fingerprint density at radius 3 is 1.51 bits per heavy atom. The van der Waals surface area contributed by atoms with Crippen molar-refractivity contribution in [3.63, 3.8) is 0 Å². The Bertz CT molecular complexity index is 1550. The van der Waals surface area contributed by atoms with Gasteiger partial charge in [0.1, 0.15) is 48.8 Å². The number of amides is 1. The summed E-state index contributed by atoms with van der Waals surface area (Å²) in [5, 5.41) is 86.7. The van der Waals surface area contributed by atoms with Gasteiger partial charge in [-0.1, -0.05) is 189 Å². The maximum Gasteiger partial charge on any atom is 0.220 e. The second-order valence-electron chi connectivity index (χ2n) is 19.7. The van der Waals surface area contributed by atoms with E-state index < -0.39 is 86.8 Å². The summed E-state index contributed by atoms with van der Waals surface area (Å²) < 4.78 is 22.7. The van der Waals surface area contributed by atoms with Crippen molar-refractivity contribution in [2.24, 2.45) is 0 Å². The summed E-state index contributed by atoms with van der Waals surface area (Å²) in [6.45, 7) is 2.60. The van der Waals surface area contributed by atoms with Crippen LogP contribution in [0.2, 0.25) is 0 Å². The number of hydrogen-bond donors (Lipinski definition) is 9. The van der Waals surface area contributed by atoms with Crippen molar-refractivity contribution >= 4 is 5.91 Å². The third-order valence-electron chi connectivity index (χ3n) is 13.3. The van der Waals surface area contributed by atoms with Gasteiger partial charge in [0, 0.05) is 6.42 Å². The van der Waals surface area contributed by atoms with E-state index in [1.165, 1.54) is 77.0 Å². The summed E-state index contributed by atoms with van der Waals surface area (Å²) in [5.41, 5.74) is 0. The summed E-state index contributed by atoms with van der Waals surface area (Å²) in [6.07, 6.45) is 42.2. The van der Waals surface area contributed by atoms with Crippen molar-refractivity contribution in [1.29, 1.82) is 0 Å². The quantitative estimate of drug-likeness (QED) is 0.0206. The third-order valence-corrected chi connectivity index (χ3v) is 13.3. The molecule has 420 valence electrons. The van der Waals surface area contributed by atoms with E-state index in [9.17, 15) is 45.6 Å². The lowest BCUT2D eigenvalue weighted by atomic mass is 9.97. The van der Waals surface area contributed by atoms with Gasteiger partial charge in [-0.15, -0.1) is 0 Å². The fraction of sp³-hybridized carbons (Fsp3) is 0.746. The first-order valence-corrected chi connectivity index (χ1v) is 28.3. The first-order valence-electron chi connectivity index (χ1n) is 28.3. The Kier molecular flexibility index (Phi) is 40.2. The van der Waals surface area contributed by atoms with Crippen LogP contribution < -0.4 is 5.32 Å². The number of carbonyl (C=O) groups excluding carboxylic acids is 1. The zero-order valence-electron chi connectivity index (χ0n) is 44.8. The van der Waals surface area contributed by atoms with E-state index in [4.69, 9.17) is 18.9 Å². The number of nitrogens with one attached hydrogen (secondary N) is 1. The second kappa shape index (κ2) is 44.3. The monoisotopic (exact) mass is 1030 g/mol. The number of aliphatic hydroxyl groups excluding tert-OH is 8. The van der Waals surface area contributed by atoms with Gasteiger partial charge in [0.2, 0.25) is 5.91 Å². The minimum absolute atomic E-state index is 0.257. The van der Waals surface area contributed by atoms with Gasteiger partial charge in [-0.25, -0.2) is 0 Å². The highest BCUT2D eigenvalue weighted by Gasteiger charge is 2.51. The molecule has 2 saturated heterocycles. The lowest BCUT2D eigenvalue weighted by Gasteiger charge is -2.46. The molecular formula is C59H101NO13. The fourth-order valence-electron chi connectivity index (χ4n) is 8.74. The van der Waals surface area contributed by atoms with Gasteiger partial charge >= 0.3 is 0 Å². The van der Waals surface area contributed by atoms with Crippen molar-refractivity contribution in [1.82, 2.24) is 5.32 Å². The van der Waals surface area contributed by atoms with Crippen LogP contribution in [0.5, 0.6) is 0 Å². The first kappa shape index (κ1) is 66.3. The maximum atomic E-state index is 13.2. The van der Waals surface area contributed by atoms with Crippen molar-refractivity contribution in [3.05, 3.63) is 85.1 Å². The Balaban J connectivity index is 1.69. The second-order valence-corrected chi connectivity index (χ2v) is 19.7. The number of unbranched alkanes of at least 4 members (excludes halogenated alkanes) is 18. The zero-order valence-corrected chi connectivity index (χ0v) is 44.8. The van der Waals surface area contributed by atoms with Crippen LogP contribution in [-0.2, 0) is 23.7 Å². The molecule has 2 aliphatic heterocycles. The molecule has 0 aromatic carbocycles. The van der Waals surface area contributed by atoms with Crippen molar-refractivity contribution in [2.45, 2.75) is 261 Å². The number of rotatable bonds is 43. The molecule has 14 heteroatoms. The van der Waals surface area contributed by atoms with Crippen LogP contribution in [0.1, 0.15) is 187 Å². The van der Waals surface area contributed by atoms with Crippen LogP contribution >= 0.6 is 0 Å². The third kappa shape index (κ3) is 30.5. The molecular weight excluding hydrogens is 931 g/mol. The van der Waals surface area contributed by atoms with Crippen LogP contribution in [0.4, 0.5) is 0 Å². The van der Waals surface area contributed by atoms with Crippen LogP contribution in [0.15, 0.2) is 85.1 Å². The van der Waals surface area contributed by atoms with Crippen LogP contribution in [-0.4, -0.2) is 140 Å². The highest BCUT2D eigenvalue weighted by Crippen LogP contribution is 2.30. The molecule has 2 aliphatic rings. The van der Waals surface area contributed by atoms with E-state index >= 15 is 0 Å². The average molecular weight is 1030 g/mol. The van der Waals surface area contributed by atoms with Gasteiger partial charge in [0.05, 0.1) is 32.0 Å². The first-order chi connectivity index (χ1) is 35.6. The number of ether oxygens (including phenoxy) is 4. The highest BCUT2D eigenvalue weighted by molar-refractivity contribution is 5.76. The number of hydrogen-bond acceptors (Lipinski definition) is 13. The molecule has 2 heterocycles. The van der Waals surface area contributed by atoms with Gasteiger partial charge in [0.15, 0.2) is 12.6 Å². The summed E-state index contributed by atoms with van der Waals surface area (Å²) in [6, 6.07) is -0.934. The van der Waals surface area contributed by atoms with Gasteiger partial charge in [-0.05, 0) is 77.0 Å². The fourth-order valence-corrected chi connectivity index (χ4v) is 8.74. The molecule has 9 N–H and O–H groups in total. The molecule has 12 atom stereocenters. The molecule has 2 rings (SSSR count). The molecule has 0 aliphatic carbocycles. The van der Waals surface area contributed by atoms with Gasteiger partial charge in [-0.3, -0.25) is 4.79 Å². The molecule has 14 nitrogen and oxygen atoms in total. The normalized spacial score (nSPS) is 26.1. The van der Waals surface area contributed by atoms with Gasteiger partial charge < -0.3 is 65.1 Å². The average Bonchev–Trinajstić information content (AvgIpc) is 3.39. The lowest BCUT2D eigenvalue weighted by Crippen LogP contribution is -2.65. The summed E-state index contributed by atoms with van der Waals surface area (Å²) in [5.74, 6) is -0.257. The molecule has 0 aromatic rings. The zero-order chi connectivity index (χ0) is 53.2. The molecule has 12 unspecified atom stereocenters. The molecule has 1 amide bonds. The van der Waals surface area contributed by atoms with Gasteiger partial charge in [-0.2, -0.15) is 0 Å². The van der Waals surface area contributed by atoms with Crippen LogP contribution in [0, 0.1) is 0 Å². The predicted octanol–water partition coefficient (Wildman–Crippen LogP) is 8.94. The predicted molar refractivity (Wildman–Crippen MR) is 290 cm³/mol. The van der Waals surface area contributed by atoms with Crippen molar-refractivity contribution in [2.75, 3.05) is 19.8 Å². The minimum Gasteiger partial charge on any atom is -0.394 e. The van der Waals surface area contributed by atoms with Gasteiger partial charge in [0.25, 0.3) is 0 Å². The SMILES string of the molecule is CC/C=C\C/C=C\C/C=C\C/C=C\C/C=C\CCCCCCCCCCCCCCCC(=O)NC(COC1OC(CO)C(OC2OC(CO)C(O)C(O)C2O)C(O)C1O)C(O)/C=C/CC/C=C/CCCCCC. The largest absolute Gasteiger partial charge is 0.394 e. The number of allylic oxidation sites excluding steroid dienone is 13. The Labute approximate surface area is 440 Å². The molecule has 73 heavy (non-hydrogen) atoms. The van der Waals surface area contributed by atoms with E-state index in [1.54, 1.807) is 6.08 Å². The van der Waals surface area contributed by atoms with E-state index in [1.807, 2.05) is 6.08 Å². The maximum absolute atomic E-state index is 13.2. The highest BCUT2D eigenvalue weighted by atomic mass is 16.7. The number of carbonyl (C=O) groups is 1. The molecule has 0 radical (unpaired) electrons. The molecule has 0 saturated carbocycles. The lowest BCUT2D eigenvalue weighted by molar-refractivity contribution is -0.359. The van der Waals surface area contributed by atoms with Crippen LogP contribution in [0.25, 0.3) is 0 Å². The Morgan fingerprint density at radius 1 is 0.507 bits per heavy atom. The standard InChI is InChI=1S/C59H101NO13/c1-3-5-7-9-11-13-15-16-17-18-19-20-21-22-23-24-25-26-27-28-29-30-31-32-33-35-37-39-41-43-51(64)60-47(48(63)42-40-38-36-34-14-12-10-8-6-4-2)46-70-58-56(69)54(67)57(50(45-62)72-58)73-59-55(68)53(66)52(65)49(44-61)71-59/h5,7,11,13-14,16-17,19-20,22-23,34,40,42,47-50,52-59,61-63,65-69H,3-4,6,8-10,12,15,18,21,24-33,35-39,41,43-46H2,1-2H3,(H,60,64)/b7-5-,13-11-,17-16-,20-19-,23-22-,34-14+,42-40+. The summed E-state index contributed by atoms with van der Waals surface area (Å²) in [4.78, 5) is 13.2. The Hall–Kier alpha value is -2.83. The van der Waals surface area contributed by atoms with Crippen molar-refractivity contribution in [3.8, 4) is 0 Å². The van der Waals surface area contributed by atoms with E-state index in [-0.39, 0.29) is 18.9 Å².